The molecule has 3 aliphatic rings. The first kappa shape index (κ1) is 23.8. The van der Waals surface area contributed by atoms with Gasteiger partial charge in [0.15, 0.2) is 11.8 Å². The van der Waals surface area contributed by atoms with E-state index < -0.39 is 29.9 Å². The van der Waals surface area contributed by atoms with Gasteiger partial charge < -0.3 is 29.0 Å². The smallest absolute Gasteiger partial charge is 0.296 e. The number of rotatable bonds is 8. The zero-order valence-corrected chi connectivity index (χ0v) is 20.1. The Morgan fingerprint density at radius 2 is 1.83 bits per heavy atom. The van der Waals surface area contributed by atoms with E-state index in [0.717, 1.165) is 12.8 Å². The summed E-state index contributed by atoms with van der Waals surface area (Å²) in [5.41, 5.74) is 1.36. The zero-order valence-electron chi connectivity index (χ0n) is 19.4. The predicted molar refractivity (Wildman–Crippen MR) is 125 cm³/mol. The van der Waals surface area contributed by atoms with Gasteiger partial charge in [-0.05, 0) is 37.7 Å². The molecule has 8 nitrogen and oxygen atoms in total. The van der Waals surface area contributed by atoms with E-state index in [2.05, 4.69) is 15.0 Å². The molecule has 192 valence electrons. The molecule has 4 atom stereocenters. The molecule has 2 aromatic heterocycles. The summed E-state index contributed by atoms with van der Waals surface area (Å²) in [6.45, 7) is 0.953. The predicted octanol–water partition coefficient (Wildman–Crippen LogP) is 3.76. The van der Waals surface area contributed by atoms with E-state index in [0.29, 0.717) is 34.4 Å². The molecule has 1 aromatic carbocycles. The van der Waals surface area contributed by atoms with E-state index in [1.165, 1.54) is 18.6 Å². The number of pyridine rings is 1. The molecule has 2 N–H and O–H groups in total. The monoisotopic (exact) mass is 521 g/mol. The van der Waals surface area contributed by atoms with Gasteiger partial charge in [0.05, 0.1) is 36.1 Å². The lowest BCUT2D eigenvalue weighted by Crippen LogP contribution is -2.34. The number of aromatic nitrogens is 3. The summed E-state index contributed by atoms with van der Waals surface area (Å²) in [5, 5.41) is 10.2. The molecule has 2 aliphatic heterocycles. The first-order valence-electron chi connectivity index (χ1n) is 12.2. The Hall–Kier alpha value is -2.53. The molecule has 2 saturated heterocycles. The Labute approximate surface area is 210 Å². The van der Waals surface area contributed by atoms with Crippen LogP contribution < -0.4 is 9.47 Å². The molecule has 1 aliphatic carbocycles. The lowest BCUT2D eigenvalue weighted by molar-refractivity contribution is 0.00706. The first-order valence-corrected chi connectivity index (χ1v) is 12.6. The van der Waals surface area contributed by atoms with Crippen molar-refractivity contribution in [2.75, 3.05) is 19.8 Å². The number of hydrogen-bond acceptors (Lipinski definition) is 7. The number of H-pyrrole nitrogens is 1. The van der Waals surface area contributed by atoms with Crippen LogP contribution in [0.4, 0.5) is 8.78 Å². The molecule has 3 aromatic rings. The second-order valence-electron chi connectivity index (χ2n) is 9.62. The second kappa shape index (κ2) is 9.74. The maximum absolute atomic E-state index is 14.7. The Kier molecular flexibility index (Phi) is 6.45. The summed E-state index contributed by atoms with van der Waals surface area (Å²) in [6, 6.07) is 4.35. The number of benzene rings is 1. The number of ether oxygens (including phenoxy) is 4. The van der Waals surface area contributed by atoms with Crippen molar-refractivity contribution < 1.29 is 32.8 Å². The maximum Gasteiger partial charge on any atom is 0.296 e. The molecule has 0 spiro atoms. The average Bonchev–Trinajstić information content (AvgIpc) is 3.49. The Bertz CT molecular complexity index is 1250. The van der Waals surface area contributed by atoms with Gasteiger partial charge in [-0.3, -0.25) is 0 Å². The zero-order chi connectivity index (χ0) is 24.8. The lowest BCUT2D eigenvalue weighted by Gasteiger charge is -2.25. The summed E-state index contributed by atoms with van der Waals surface area (Å²) in [4.78, 5) is 11.9. The fourth-order valence-corrected chi connectivity index (χ4v) is 5.12. The number of halogens is 3. The van der Waals surface area contributed by atoms with Gasteiger partial charge in [0, 0.05) is 17.7 Å². The lowest BCUT2D eigenvalue weighted by atomic mass is 9.86. The number of nitrogens with zero attached hydrogens (tertiary/aromatic N) is 2. The van der Waals surface area contributed by atoms with Crippen molar-refractivity contribution in [1.29, 1.82) is 0 Å². The minimum absolute atomic E-state index is 0.0375. The van der Waals surface area contributed by atoms with Crippen LogP contribution in [0.1, 0.15) is 30.5 Å². The van der Waals surface area contributed by atoms with Gasteiger partial charge in [0.25, 0.3) is 6.01 Å². The maximum atomic E-state index is 14.7. The molecule has 0 amide bonds. The van der Waals surface area contributed by atoms with Gasteiger partial charge >= 0.3 is 0 Å². The van der Waals surface area contributed by atoms with Gasteiger partial charge in [-0.2, -0.15) is 4.98 Å². The number of aryl methyl sites for hydroxylation is 1. The van der Waals surface area contributed by atoms with Crippen LogP contribution in [-0.2, 0) is 22.3 Å². The van der Waals surface area contributed by atoms with E-state index in [9.17, 15) is 13.9 Å². The average molecular weight is 522 g/mol. The molecule has 1 saturated carbocycles. The Morgan fingerprint density at radius 3 is 2.58 bits per heavy atom. The molecule has 4 heterocycles. The standard InChI is InChI=1S/C25H26ClF2N3O5/c26-15-8-19-24(31-25(30-19)36-21-11-35-22-20(32)10-34-23(21)22)29-18(15)5-4-14-16(27)6-13(7-17(14)28)33-9-12-2-1-3-12/h6-8,12,20-23,32H,1-5,9-11H2,(H,29,30,31)/t20-,21-,22-,23-/m1/s1. The highest BCUT2D eigenvalue weighted by Crippen LogP contribution is 2.31. The van der Waals surface area contributed by atoms with E-state index >= 15 is 0 Å². The quantitative estimate of drug-likeness (QED) is 0.465. The van der Waals surface area contributed by atoms with E-state index in [1.807, 2.05) is 0 Å². The molecule has 6 rings (SSSR count). The molecule has 3 fully saturated rings. The van der Waals surface area contributed by atoms with Gasteiger partial charge in [0.2, 0.25) is 0 Å². The largest absolute Gasteiger partial charge is 0.493 e. The SMILES string of the molecule is O[C@@H]1CO[C@H]2[C@@H]1OC[C@H]2Oc1nc2nc(CCc3c(F)cc(OCC4CCC4)cc3F)c(Cl)cc2[nH]1. The number of fused-ring (bicyclic) bond motifs is 2. The summed E-state index contributed by atoms with van der Waals surface area (Å²) in [6.07, 6.45) is 1.79. The summed E-state index contributed by atoms with van der Waals surface area (Å²) >= 11 is 6.41. The van der Waals surface area contributed by atoms with Gasteiger partial charge in [-0.1, -0.05) is 18.0 Å². The molecular formula is C25H26ClF2N3O5. The van der Waals surface area contributed by atoms with Gasteiger partial charge in [0.1, 0.15) is 35.7 Å². The minimum atomic E-state index is -0.673. The van der Waals surface area contributed by atoms with Crippen LogP contribution in [0.3, 0.4) is 0 Å². The van der Waals surface area contributed by atoms with Crippen LogP contribution in [0, 0.1) is 17.6 Å². The second-order valence-corrected chi connectivity index (χ2v) is 10.0. The molecular weight excluding hydrogens is 496 g/mol. The number of nitrogens with one attached hydrogen (secondary N) is 1. The van der Waals surface area contributed by atoms with Crippen molar-refractivity contribution in [3.05, 3.63) is 46.1 Å². The highest BCUT2D eigenvalue weighted by atomic mass is 35.5. The number of aliphatic hydroxyl groups excluding tert-OH is 1. The topological polar surface area (TPSA) is 98.7 Å². The van der Waals surface area contributed by atoms with Crippen molar-refractivity contribution in [2.45, 2.75) is 56.5 Å². The van der Waals surface area contributed by atoms with Crippen molar-refractivity contribution in [2.24, 2.45) is 5.92 Å². The Morgan fingerprint density at radius 1 is 1.06 bits per heavy atom. The van der Waals surface area contributed by atoms with Crippen molar-refractivity contribution in [1.82, 2.24) is 15.0 Å². The first-order chi connectivity index (χ1) is 17.4. The van der Waals surface area contributed by atoms with Gasteiger partial charge in [-0.25, -0.2) is 13.8 Å². The molecule has 11 heteroatoms. The van der Waals surface area contributed by atoms with Crippen molar-refractivity contribution in [3.63, 3.8) is 0 Å². The number of aromatic amines is 1. The molecule has 0 unspecified atom stereocenters. The molecule has 0 radical (unpaired) electrons. The van der Waals surface area contributed by atoms with Crippen LogP contribution in [0.25, 0.3) is 11.2 Å². The molecule has 36 heavy (non-hydrogen) atoms. The van der Waals surface area contributed by atoms with E-state index in [1.54, 1.807) is 6.07 Å². The van der Waals surface area contributed by atoms with E-state index in [-0.39, 0.29) is 49.5 Å². The molecule has 0 bridgehead atoms. The van der Waals surface area contributed by atoms with Crippen molar-refractivity contribution in [3.8, 4) is 11.8 Å². The van der Waals surface area contributed by atoms with Gasteiger partial charge in [-0.15, -0.1) is 0 Å². The Balaban J connectivity index is 1.13. The van der Waals surface area contributed by atoms with Crippen LogP contribution in [-0.4, -0.2) is 64.3 Å². The highest BCUT2D eigenvalue weighted by molar-refractivity contribution is 6.31. The number of hydrogen-bond donors (Lipinski definition) is 2. The van der Waals surface area contributed by atoms with Crippen LogP contribution in [0.5, 0.6) is 11.8 Å². The summed E-state index contributed by atoms with van der Waals surface area (Å²) in [5.74, 6) is -0.622. The fraction of sp³-hybridized carbons (Fsp3) is 0.520. The summed E-state index contributed by atoms with van der Waals surface area (Å²) in [7, 11) is 0. The van der Waals surface area contributed by atoms with Crippen LogP contribution >= 0.6 is 11.6 Å². The summed E-state index contributed by atoms with van der Waals surface area (Å²) < 4.78 is 51.9. The third-order valence-electron chi connectivity index (χ3n) is 7.16. The van der Waals surface area contributed by atoms with E-state index in [4.69, 9.17) is 30.5 Å². The van der Waals surface area contributed by atoms with Crippen molar-refractivity contribution >= 4 is 22.8 Å². The van der Waals surface area contributed by atoms with Crippen LogP contribution in [0.2, 0.25) is 5.02 Å². The normalized spacial score (nSPS) is 25.8. The number of aliphatic hydroxyl groups is 1. The number of imidazole rings is 1. The van der Waals surface area contributed by atoms with Crippen LogP contribution in [0.15, 0.2) is 18.2 Å². The third kappa shape index (κ3) is 4.63. The fourth-order valence-electron chi connectivity index (χ4n) is 4.87. The minimum Gasteiger partial charge on any atom is -0.493 e. The third-order valence-corrected chi connectivity index (χ3v) is 7.49. The highest BCUT2D eigenvalue weighted by Gasteiger charge is 2.48.